The van der Waals surface area contributed by atoms with Gasteiger partial charge < -0.3 is 14.4 Å². The molecule has 3 heterocycles. The number of hydrogen-bond acceptors (Lipinski definition) is 6. The summed E-state index contributed by atoms with van der Waals surface area (Å²) in [7, 11) is -3.42. The predicted molar refractivity (Wildman–Crippen MR) is 159 cm³/mol. The van der Waals surface area contributed by atoms with Gasteiger partial charge in [-0.2, -0.15) is 5.10 Å². The minimum Gasteiger partial charge on any atom is -0.488 e. The summed E-state index contributed by atoms with van der Waals surface area (Å²) in [6.07, 6.45) is 3.66. The summed E-state index contributed by atoms with van der Waals surface area (Å²) in [6, 6.07) is 19.7. The van der Waals surface area contributed by atoms with Crippen LogP contribution in [0, 0.1) is 0 Å². The zero-order chi connectivity index (χ0) is 28.6. The van der Waals surface area contributed by atoms with Gasteiger partial charge in [0.05, 0.1) is 31.2 Å². The highest BCUT2D eigenvalue weighted by molar-refractivity contribution is 7.92. The number of allylic oxidation sites excluding steroid dienone is 1. The van der Waals surface area contributed by atoms with E-state index in [1.54, 1.807) is 16.9 Å². The average Bonchev–Trinajstić information content (AvgIpc) is 3.27. The van der Waals surface area contributed by atoms with Crippen molar-refractivity contribution in [2.75, 3.05) is 37.3 Å². The number of hydrogen-bond donors (Lipinski definition) is 1. The van der Waals surface area contributed by atoms with Crippen LogP contribution in [0.15, 0.2) is 66.9 Å². The Morgan fingerprint density at radius 2 is 1.83 bits per heavy atom. The lowest BCUT2D eigenvalue weighted by molar-refractivity contribution is -0.136. The lowest BCUT2D eigenvalue weighted by Crippen LogP contribution is -2.42. The van der Waals surface area contributed by atoms with Crippen LogP contribution < -0.4 is 9.46 Å². The first-order chi connectivity index (χ1) is 19.8. The van der Waals surface area contributed by atoms with Gasteiger partial charge in [-0.3, -0.25) is 14.2 Å². The summed E-state index contributed by atoms with van der Waals surface area (Å²) in [4.78, 5) is 14.8. The highest BCUT2D eigenvalue weighted by Crippen LogP contribution is 2.43. The number of amides is 1. The lowest BCUT2D eigenvalue weighted by Gasteiger charge is -2.26. The van der Waals surface area contributed by atoms with Gasteiger partial charge in [-0.15, -0.1) is 0 Å². The number of ether oxygens (including phenoxy) is 2. The monoisotopic (exact) mass is 572 g/mol. The van der Waals surface area contributed by atoms with Crippen molar-refractivity contribution in [3.63, 3.8) is 0 Å². The molecule has 0 radical (unpaired) electrons. The smallest absolute Gasteiger partial charge is 0.244 e. The zero-order valence-corrected chi connectivity index (χ0v) is 23.9. The topological polar surface area (TPSA) is 103 Å². The van der Waals surface area contributed by atoms with Crippen LogP contribution in [0.1, 0.15) is 35.6 Å². The molecule has 1 aromatic heterocycles. The maximum absolute atomic E-state index is 13.0. The van der Waals surface area contributed by atoms with E-state index in [1.807, 2.05) is 41.3 Å². The van der Waals surface area contributed by atoms with Crippen molar-refractivity contribution in [1.29, 1.82) is 0 Å². The van der Waals surface area contributed by atoms with Crippen LogP contribution in [0.4, 0.5) is 5.69 Å². The van der Waals surface area contributed by atoms with E-state index in [9.17, 15) is 13.2 Å². The number of nitrogens with zero attached hydrogens (tertiary/aromatic N) is 3. The standard InChI is InChI=1S/C31H32N4O5S/c1-3-25(21-7-6-8-24(15-21)33-41(2,37)38)31-26-9-4-5-10-29(26)40-20-23-17-28-22(16-27(23)31)18-32-35(28)19-30(36)34-11-13-39-14-12-34/h4-10,15-18,33H,3,11-14,19-20H2,1-2H3/b31-25+. The van der Waals surface area contributed by atoms with E-state index < -0.39 is 10.0 Å². The molecule has 6 rings (SSSR count). The first-order valence-corrected chi connectivity index (χ1v) is 15.6. The molecule has 0 bridgehead atoms. The Morgan fingerprint density at radius 3 is 2.61 bits per heavy atom. The number of rotatable bonds is 6. The van der Waals surface area contributed by atoms with Gasteiger partial charge in [0.25, 0.3) is 0 Å². The second-order valence-corrected chi connectivity index (χ2v) is 12.1. The number of carbonyl (C=O) groups is 1. The third-order valence-corrected chi connectivity index (χ3v) is 8.10. The van der Waals surface area contributed by atoms with Crippen molar-refractivity contribution in [2.45, 2.75) is 26.5 Å². The van der Waals surface area contributed by atoms with E-state index in [-0.39, 0.29) is 12.5 Å². The van der Waals surface area contributed by atoms with Crippen molar-refractivity contribution in [3.05, 3.63) is 89.1 Å². The molecule has 9 nitrogen and oxygen atoms in total. The summed E-state index contributed by atoms with van der Waals surface area (Å²) < 4.78 is 39.9. The van der Waals surface area contributed by atoms with E-state index in [1.165, 1.54) is 0 Å². The number of benzene rings is 3. The molecule has 3 aromatic carbocycles. The van der Waals surface area contributed by atoms with Crippen molar-refractivity contribution in [2.24, 2.45) is 0 Å². The number of anilines is 1. The summed E-state index contributed by atoms with van der Waals surface area (Å²) in [5, 5.41) is 5.51. The van der Waals surface area contributed by atoms with Crippen LogP contribution in [0.3, 0.4) is 0 Å². The molecule has 1 N–H and O–H groups in total. The Morgan fingerprint density at radius 1 is 1.02 bits per heavy atom. The van der Waals surface area contributed by atoms with E-state index in [0.717, 1.165) is 56.3 Å². The molecule has 212 valence electrons. The molecule has 4 aromatic rings. The van der Waals surface area contributed by atoms with Crippen LogP contribution in [-0.2, 0) is 32.7 Å². The molecule has 1 saturated heterocycles. The number of carbonyl (C=O) groups excluding carboxylic acids is 1. The zero-order valence-electron chi connectivity index (χ0n) is 23.1. The fourth-order valence-electron chi connectivity index (χ4n) is 5.62. The van der Waals surface area contributed by atoms with Crippen LogP contribution in [0.2, 0.25) is 0 Å². The second kappa shape index (κ2) is 11.0. The van der Waals surface area contributed by atoms with Gasteiger partial charge in [0.2, 0.25) is 15.9 Å². The van der Waals surface area contributed by atoms with Crippen molar-refractivity contribution >= 4 is 43.7 Å². The number of sulfonamides is 1. The number of aromatic nitrogens is 2. The minimum atomic E-state index is -3.42. The fraction of sp³-hybridized carbons (Fsp3) is 0.290. The number of morpholine rings is 1. The molecule has 0 spiro atoms. The molecule has 1 fully saturated rings. The third kappa shape index (κ3) is 5.57. The molecule has 2 aliphatic heterocycles. The molecule has 0 saturated carbocycles. The molecule has 41 heavy (non-hydrogen) atoms. The Labute approximate surface area is 239 Å². The highest BCUT2D eigenvalue weighted by atomic mass is 32.2. The molecular formula is C31H32N4O5S. The van der Waals surface area contributed by atoms with Gasteiger partial charge in [0, 0.05) is 29.7 Å². The maximum atomic E-state index is 13.0. The van der Waals surface area contributed by atoms with E-state index in [2.05, 4.69) is 34.9 Å². The van der Waals surface area contributed by atoms with Gasteiger partial charge in [-0.1, -0.05) is 37.3 Å². The van der Waals surface area contributed by atoms with E-state index >= 15 is 0 Å². The molecule has 1 amide bonds. The van der Waals surface area contributed by atoms with Gasteiger partial charge in [-0.25, -0.2) is 8.42 Å². The first kappa shape index (κ1) is 27.0. The molecule has 10 heteroatoms. The number of nitrogens with one attached hydrogen (secondary N) is 1. The SMILES string of the molecule is CC/C(=C1\c2cc3cnn(CC(=O)N4CCOCC4)c3cc2COc2ccccc21)c1cccc(NS(C)(=O)=O)c1. The third-order valence-electron chi connectivity index (χ3n) is 7.49. The minimum absolute atomic E-state index is 0.0216. The summed E-state index contributed by atoms with van der Waals surface area (Å²) in [5.74, 6) is 0.802. The molecular weight excluding hydrogens is 540 g/mol. The molecule has 2 aliphatic rings. The van der Waals surface area contributed by atoms with Crippen LogP contribution in [0.5, 0.6) is 5.75 Å². The normalized spacial score (nSPS) is 16.4. The average molecular weight is 573 g/mol. The largest absolute Gasteiger partial charge is 0.488 e. The Kier molecular flexibility index (Phi) is 7.27. The molecule has 0 unspecified atom stereocenters. The van der Waals surface area contributed by atoms with Gasteiger partial charge in [0.1, 0.15) is 18.9 Å². The Bertz CT molecular complexity index is 1770. The van der Waals surface area contributed by atoms with Crippen molar-refractivity contribution in [3.8, 4) is 5.75 Å². The highest BCUT2D eigenvalue weighted by Gasteiger charge is 2.25. The van der Waals surface area contributed by atoms with Crippen LogP contribution in [0.25, 0.3) is 22.0 Å². The molecule has 0 aliphatic carbocycles. The van der Waals surface area contributed by atoms with Crippen LogP contribution in [-0.4, -0.2) is 61.6 Å². The maximum Gasteiger partial charge on any atom is 0.244 e. The fourth-order valence-corrected chi connectivity index (χ4v) is 6.18. The first-order valence-electron chi connectivity index (χ1n) is 13.7. The van der Waals surface area contributed by atoms with Crippen molar-refractivity contribution in [1.82, 2.24) is 14.7 Å². The summed E-state index contributed by atoms with van der Waals surface area (Å²) in [6.45, 7) is 4.91. The predicted octanol–water partition coefficient (Wildman–Crippen LogP) is 4.53. The summed E-state index contributed by atoms with van der Waals surface area (Å²) >= 11 is 0. The van der Waals surface area contributed by atoms with Gasteiger partial charge >= 0.3 is 0 Å². The Hall–Kier alpha value is -4.15. The van der Waals surface area contributed by atoms with Gasteiger partial charge in [0.15, 0.2) is 0 Å². The summed E-state index contributed by atoms with van der Waals surface area (Å²) in [5.41, 5.74) is 7.39. The van der Waals surface area contributed by atoms with Crippen LogP contribution >= 0.6 is 0 Å². The van der Waals surface area contributed by atoms with E-state index in [0.29, 0.717) is 45.0 Å². The second-order valence-electron chi connectivity index (χ2n) is 10.3. The number of fused-ring (bicyclic) bond motifs is 3. The lowest BCUT2D eigenvalue weighted by atomic mass is 9.86. The van der Waals surface area contributed by atoms with Gasteiger partial charge in [-0.05, 0) is 64.6 Å². The Balaban J connectivity index is 1.49. The van der Waals surface area contributed by atoms with Crippen molar-refractivity contribution < 1.29 is 22.7 Å². The number of para-hydroxylation sites is 1. The van der Waals surface area contributed by atoms with E-state index in [4.69, 9.17) is 9.47 Å². The molecule has 0 atom stereocenters. The quantitative estimate of drug-likeness (QED) is 0.364.